The number of imidazole rings is 1. The normalized spacial score (nSPS) is 11.5. The molecule has 0 unspecified atom stereocenters. The standard InChI is InChI=1S/C22H17F3N4O2S/c1-31-17-7-5-14(6-8-17)18-12-29-19(27-18)9-10-21(28-29)32-13-20(30)26-16-4-2-3-15(11-16)22(23,24)25/h2-12H,13H2,1H3,(H,26,30). The number of rotatable bonds is 6. The van der Waals surface area contributed by atoms with Gasteiger partial charge in [0.1, 0.15) is 10.8 Å². The number of hydrogen-bond acceptors (Lipinski definition) is 5. The van der Waals surface area contributed by atoms with Crippen molar-refractivity contribution in [1.82, 2.24) is 14.6 Å². The van der Waals surface area contributed by atoms with Gasteiger partial charge < -0.3 is 10.1 Å². The summed E-state index contributed by atoms with van der Waals surface area (Å²) >= 11 is 1.17. The molecule has 2 aromatic carbocycles. The van der Waals surface area contributed by atoms with Gasteiger partial charge in [0.05, 0.1) is 30.3 Å². The highest BCUT2D eigenvalue weighted by Crippen LogP contribution is 2.30. The van der Waals surface area contributed by atoms with Crippen LogP contribution in [0.1, 0.15) is 5.56 Å². The summed E-state index contributed by atoms with van der Waals surface area (Å²) in [5, 5.41) is 7.50. The van der Waals surface area contributed by atoms with Gasteiger partial charge in [0, 0.05) is 11.3 Å². The van der Waals surface area contributed by atoms with Crippen LogP contribution in [0.15, 0.2) is 71.9 Å². The van der Waals surface area contributed by atoms with Crippen LogP contribution < -0.4 is 10.1 Å². The molecule has 0 bridgehead atoms. The van der Waals surface area contributed by atoms with Crippen molar-refractivity contribution in [3.63, 3.8) is 0 Å². The average Bonchev–Trinajstić information content (AvgIpc) is 3.21. The Balaban J connectivity index is 1.41. The summed E-state index contributed by atoms with van der Waals surface area (Å²) in [5.41, 5.74) is 1.57. The van der Waals surface area contributed by atoms with E-state index < -0.39 is 17.6 Å². The number of carbonyl (C=O) groups excluding carboxylic acids is 1. The van der Waals surface area contributed by atoms with Gasteiger partial charge in [0.25, 0.3) is 0 Å². The molecule has 4 rings (SSSR count). The number of amides is 1. The summed E-state index contributed by atoms with van der Waals surface area (Å²) in [7, 11) is 1.60. The zero-order valence-electron chi connectivity index (χ0n) is 16.8. The van der Waals surface area contributed by atoms with Crippen LogP contribution in [-0.4, -0.2) is 33.4 Å². The average molecular weight is 458 g/mol. The van der Waals surface area contributed by atoms with Crippen molar-refractivity contribution in [3.05, 3.63) is 72.4 Å². The quantitative estimate of drug-likeness (QED) is 0.405. The van der Waals surface area contributed by atoms with Crippen LogP contribution >= 0.6 is 11.8 Å². The van der Waals surface area contributed by atoms with Crippen LogP contribution in [0.5, 0.6) is 5.75 Å². The number of methoxy groups -OCH3 is 1. The van der Waals surface area contributed by atoms with Crippen molar-refractivity contribution >= 4 is 29.0 Å². The second-order valence-electron chi connectivity index (χ2n) is 6.74. The highest BCUT2D eigenvalue weighted by molar-refractivity contribution is 7.99. The van der Waals surface area contributed by atoms with E-state index in [1.54, 1.807) is 30.0 Å². The third-order valence-electron chi connectivity index (χ3n) is 4.51. The van der Waals surface area contributed by atoms with Crippen molar-refractivity contribution in [3.8, 4) is 17.0 Å². The van der Waals surface area contributed by atoms with Crippen molar-refractivity contribution < 1.29 is 22.7 Å². The Morgan fingerprint density at radius 1 is 1.12 bits per heavy atom. The first kappa shape index (κ1) is 21.7. The summed E-state index contributed by atoms with van der Waals surface area (Å²) < 4.78 is 45.2. The molecule has 0 aliphatic heterocycles. The second-order valence-corrected chi connectivity index (χ2v) is 7.74. The third kappa shape index (κ3) is 5.02. The number of aromatic nitrogens is 3. The molecule has 0 radical (unpaired) electrons. The fourth-order valence-electron chi connectivity index (χ4n) is 2.95. The number of ether oxygens (including phenoxy) is 1. The molecule has 0 saturated heterocycles. The van der Waals surface area contributed by atoms with E-state index in [0.717, 1.165) is 29.1 Å². The molecular weight excluding hydrogens is 441 g/mol. The molecule has 0 atom stereocenters. The number of fused-ring (bicyclic) bond motifs is 1. The molecule has 0 spiro atoms. The zero-order valence-corrected chi connectivity index (χ0v) is 17.6. The number of nitrogens with one attached hydrogen (secondary N) is 1. The molecule has 164 valence electrons. The Labute approximate surface area is 185 Å². The SMILES string of the molecule is COc1ccc(-c2cn3nc(SCC(=O)Nc4cccc(C(F)(F)F)c4)ccc3n2)cc1. The van der Waals surface area contributed by atoms with E-state index in [2.05, 4.69) is 15.4 Å². The van der Waals surface area contributed by atoms with E-state index in [1.807, 2.05) is 24.3 Å². The fraction of sp³-hybridized carbons (Fsp3) is 0.136. The lowest BCUT2D eigenvalue weighted by Gasteiger charge is -2.09. The Morgan fingerprint density at radius 2 is 1.91 bits per heavy atom. The molecule has 0 fully saturated rings. The monoisotopic (exact) mass is 458 g/mol. The molecule has 32 heavy (non-hydrogen) atoms. The van der Waals surface area contributed by atoms with E-state index in [-0.39, 0.29) is 11.4 Å². The molecule has 2 aromatic heterocycles. The minimum atomic E-state index is -4.47. The Morgan fingerprint density at radius 3 is 2.62 bits per heavy atom. The maximum atomic E-state index is 12.8. The van der Waals surface area contributed by atoms with Crippen LogP contribution in [0.4, 0.5) is 18.9 Å². The van der Waals surface area contributed by atoms with Gasteiger partial charge in [0.2, 0.25) is 5.91 Å². The van der Waals surface area contributed by atoms with Gasteiger partial charge >= 0.3 is 6.18 Å². The number of halogens is 3. The Bertz CT molecular complexity index is 1260. The predicted octanol–water partition coefficient (Wildman–Crippen LogP) is 5.15. The van der Waals surface area contributed by atoms with E-state index >= 15 is 0 Å². The van der Waals surface area contributed by atoms with Gasteiger partial charge in [-0.2, -0.15) is 18.3 Å². The van der Waals surface area contributed by atoms with Crippen LogP contribution in [0.2, 0.25) is 0 Å². The predicted molar refractivity (Wildman–Crippen MR) is 116 cm³/mol. The minimum Gasteiger partial charge on any atom is -0.497 e. The first-order valence-corrected chi connectivity index (χ1v) is 10.4. The van der Waals surface area contributed by atoms with Gasteiger partial charge in [-0.3, -0.25) is 4.79 Å². The van der Waals surface area contributed by atoms with Gasteiger partial charge in [-0.25, -0.2) is 9.50 Å². The first-order chi connectivity index (χ1) is 15.3. The molecule has 1 amide bonds. The molecular formula is C22H17F3N4O2S. The summed E-state index contributed by atoms with van der Waals surface area (Å²) in [6.07, 6.45) is -2.69. The Kier molecular flexibility index (Phi) is 6.04. The number of thioether (sulfide) groups is 1. The van der Waals surface area contributed by atoms with E-state index in [0.29, 0.717) is 10.7 Å². The number of benzene rings is 2. The molecule has 10 heteroatoms. The summed E-state index contributed by atoms with van der Waals surface area (Å²) in [6.45, 7) is 0. The lowest BCUT2D eigenvalue weighted by Crippen LogP contribution is -2.15. The third-order valence-corrected chi connectivity index (χ3v) is 5.43. The summed E-state index contributed by atoms with van der Waals surface area (Å²) in [5.74, 6) is 0.313. The minimum absolute atomic E-state index is 0.00517. The van der Waals surface area contributed by atoms with Gasteiger partial charge in [0.15, 0.2) is 5.65 Å². The van der Waals surface area contributed by atoms with Crippen LogP contribution in [0, 0.1) is 0 Å². The fourth-order valence-corrected chi connectivity index (χ4v) is 3.61. The van der Waals surface area contributed by atoms with Crippen molar-refractivity contribution in [1.29, 1.82) is 0 Å². The number of alkyl halides is 3. The second kappa shape index (κ2) is 8.91. The summed E-state index contributed by atoms with van der Waals surface area (Å²) in [6, 6.07) is 15.5. The first-order valence-electron chi connectivity index (χ1n) is 9.42. The molecule has 0 aliphatic carbocycles. The molecule has 2 heterocycles. The molecule has 4 aromatic rings. The van der Waals surface area contributed by atoms with Gasteiger partial charge in [-0.05, 0) is 54.6 Å². The molecule has 6 nitrogen and oxygen atoms in total. The van der Waals surface area contributed by atoms with Gasteiger partial charge in [-0.15, -0.1) is 0 Å². The smallest absolute Gasteiger partial charge is 0.416 e. The topological polar surface area (TPSA) is 68.5 Å². The van der Waals surface area contributed by atoms with Crippen molar-refractivity contribution in [2.45, 2.75) is 11.2 Å². The molecule has 1 N–H and O–H groups in total. The number of hydrogen-bond donors (Lipinski definition) is 1. The van der Waals surface area contributed by atoms with Crippen LogP contribution in [0.3, 0.4) is 0 Å². The highest BCUT2D eigenvalue weighted by Gasteiger charge is 2.30. The maximum absolute atomic E-state index is 12.8. The largest absolute Gasteiger partial charge is 0.497 e. The number of anilines is 1. The van der Waals surface area contributed by atoms with E-state index in [4.69, 9.17) is 4.74 Å². The van der Waals surface area contributed by atoms with Crippen LogP contribution in [-0.2, 0) is 11.0 Å². The highest BCUT2D eigenvalue weighted by atomic mass is 32.2. The maximum Gasteiger partial charge on any atom is 0.416 e. The van der Waals surface area contributed by atoms with E-state index in [1.165, 1.54) is 23.9 Å². The lowest BCUT2D eigenvalue weighted by atomic mass is 10.2. The molecule has 0 saturated carbocycles. The number of carbonyl (C=O) groups is 1. The molecule has 0 aliphatic rings. The van der Waals surface area contributed by atoms with Gasteiger partial charge in [-0.1, -0.05) is 17.8 Å². The van der Waals surface area contributed by atoms with Crippen molar-refractivity contribution in [2.24, 2.45) is 0 Å². The van der Waals surface area contributed by atoms with Crippen LogP contribution in [0.25, 0.3) is 16.9 Å². The van der Waals surface area contributed by atoms with Crippen molar-refractivity contribution in [2.75, 3.05) is 18.2 Å². The Hall–Kier alpha value is -3.53. The number of nitrogens with zero attached hydrogens (tertiary/aromatic N) is 3. The zero-order chi connectivity index (χ0) is 22.7. The lowest BCUT2D eigenvalue weighted by molar-refractivity contribution is -0.137. The van der Waals surface area contributed by atoms with E-state index in [9.17, 15) is 18.0 Å². The summed E-state index contributed by atoms with van der Waals surface area (Å²) in [4.78, 5) is 16.7.